The Kier molecular flexibility index (Phi) is 2.05. The number of alkyl halides is 2. The summed E-state index contributed by atoms with van der Waals surface area (Å²) in [6.45, 7) is -0.276. The first-order valence-corrected chi connectivity index (χ1v) is 4.46. The molecule has 1 fully saturated rings. The lowest BCUT2D eigenvalue weighted by atomic mass is 10.3. The van der Waals surface area contributed by atoms with E-state index >= 15 is 0 Å². The smallest absolute Gasteiger partial charge is 0.356 e. The van der Waals surface area contributed by atoms with Crippen molar-refractivity contribution < 1.29 is 27.9 Å². The van der Waals surface area contributed by atoms with Crippen LogP contribution in [-0.4, -0.2) is 28.2 Å². The van der Waals surface area contributed by atoms with Gasteiger partial charge in [0.25, 0.3) is 0 Å². The van der Waals surface area contributed by atoms with Crippen LogP contribution in [0.2, 0.25) is 0 Å². The van der Waals surface area contributed by atoms with Gasteiger partial charge in [0.2, 0.25) is 6.43 Å². The van der Waals surface area contributed by atoms with Gasteiger partial charge in [0.15, 0.2) is 5.34 Å². The fraction of sp³-hybridized carbons (Fsp3) is 1.00. The van der Waals surface area contributed by atoms with Crippen molar-refractivity contribution in [3.05, 3.63) is 0 Å². The van der Waals surface area contributed by atoms with Gasteiger partial charge in [-0.25, -0.2) is 8.78 Å². The SMILES string of the molecule is O=P(O)(O)[C@@]1(CC(F)F)CO1. The van der Waals surface area contributed by atoms with E-state index < -0.39 is 25.8 Å². The molecule has 11 heavy (non-hydrogen) atoms. The molecule has 2 N–H and O–H groups in total. The van der Waals surface area contributed by atoms with Crippen LogP contribution in [0.3, 0.4) is 0 Å². The summed E-state index contributed by atoms with van der Waals surface area (Å²) in [5.74, 6) is 0. The molecule has 0 aromatic carbocycles. The quantitative estimate of drug-likeness (QED) is 0.501. The Morgan fingerprint density at radius 1 is 1.64 bits per heavy atom. The third kappa shape index (κ3) is 1.76. The van der Waals surface area contributed by atoms with E-state index in [-0.39, 0.29) is 6.61 Å². The monoisotopic (exact) mass is 188 g/mol. The lowest BCUT2D eigenvalue weighted by Crippen LogP contribution is -2.15. The van der Waals surface area contributed by atoms with E-state index in [9.17, 15) is 13.3 Å². The standard InChI is InChI=1S/C4H7F2O4P/c5-3(6)1-4(2-10-4)11(7,8)9/h3H,1-2H2,(H2,7,8,9)/t4-/m0/s1. The topological polar surface area (TPSA) is 70.1 Å². The lowest BCUT2D eigenvalue weighted by molar-refractivity contribution is 0.110. The predicted octanol–water partition coefficient (Wildman–Crippen LogP) is 0.546. The average Bonchev–Trinajstić information content (AvgIpc) is 2.42. The highest BCUT2D eigenvalue weighted by molar-refractivity contribution is 7.53. The van der Waals surface area contributed by atoms with Gasteiger partial charge in [0, 0.05) is 0 Å². The minimum atomic E-state index is -4.51. The van der Waals surface area contributed by atoms with E-state index in [2.05, 4.69) is 4.74 Å². The minimum absolute atomic E-state index is 0.276. The van der Waals surface area contributed by atoms with E-state index in [0.29, 0.717) is 0 Å². The van der Waals surface area contributed by atoms with Gasteiger partial charge < -0.3 is 14.5 Å². The van der Waals surface area contributed by atoms with Gasteiger partial charge in [-0.05, 0) is 0 Å². The molecule has 1 aliphatic heterocycles. The van der Waals surface area contributed by atoms with E-state index in [1.54, 1.807) is 0 Å². The lowest BCUT2D eigenvalue weighted by Gasteiger charge is -2.11. The van der Waals surface area contributed by atoms with Crippen LogP contribution < -0.4 is 0 Å². The van der Waals surface area contributed by atoms with Crippen molar-refractivity contribution in [2.24, 2.45) is 0 Å². The summed E-state index contributed by atoms with van der Waals surface area (Å²) in [4.78, 5) is 17.0. The van der Waals surface area contributed by atoms with Crippen LogP contribution in [0.15, 0.2) is 0 Å². The van der Waals surface area contributed by atoms with Crippen LogP contribution >= 0.6 is 7.60 Å². The fourth-order valence-corrected chi connectivity index (χ4v) is 1.51. The predicted molar refractivity (Wildman–Crippen MR) is 31.3 cm³/mol. The van der Waals surface area contributed by atoms with Gasteiger partial charge >= 0.3 is 7.60 Å². The number of ether oxygens (including phenoxy) is 1. The molecule has 0 amide bonds. The highest BCUT2D eigenvalue weighted by Gasteiger charge is 2.60. The third-order valence-corrected chi connectivity index (χ3v) is 2.98. The zero-order chi connectivity index (χ0) is 8.70. The van der Waals surface area contributed by atoms with Gasteiger partial charge in [0.05, 0.1) is 13.0 Å². The highest BCUT2D eigenvalue weighted by Crippen LogP contribution is 2.61. The van der Waals surface area contributed by atoms with Crippen molar-refractivity contribution in [2.45, 2.75) is 18.2 Å². The summed E-state index contributed by atoms with van der Waals surface area (Å²) < 4.78 is 38.2. The zero-order valence-corrected chi connectivity index (χ0v) is 6.30. The van der Waals surface area contributed by atoms with Crippen LogP contribution in [0.25, 0.3) is 0 Å². The summed E-state index contributed by atoms with van der Waals surface area (Å²) in [5, 5.41) is -1.87. The van der Waals surface area contributed by atoms with E-state index in [1.165, 1.54) is 0 Å². The van der Waals surface area contributed by atoms with Crippen LogP contribution in [-0.2, 0) is 9.30 Å². The normalized spacial score (nSPS) is 31.0. The second-order valence-corrected chi connectivity index (χ2v) is 4.28. The van der Waals surface area contributed by atoms with Gasteiger partial charge in [-0.3, -0.25) is 4.57 Å². The molecular formula is C4H7F2O4P. The first kappa shape index (κ1) is 9.06. The molecule has 0 aromatic rings. The molecule has 0 bridgehead atoms. The maximum Gasteiger partial charge on any atom is 0.359 e. The number of hydrogen-bond acceptors (Lipinski definition) is 2. The molecule has 0 unspecified atom stereocenters. The van der Waals surface area contributed by atoms with Crippen LogP contribution in [0.4, 0.5) is 8.78 Å². The third-order valence-electron chi connectivity index (χ3n) is 1.48. The summed E-state index contributed by atoms with van der Waals surface area (Å²) in [7, 11) is -4.51. The Morgan fingerprint density at radius 2 is 2.09 bits per heavy atom. The zero-order valence-electron chi connectivity index (χ0n) is 5.41. The maximum atomic E-state index is 11.7. The van der Waals surface area contributed by atoms with Crippen LogP contribution in [0.5, 0.6) is 0 Å². The van der Waals surface area contributed by atoms with Crippen molar-refractivity contribution >= 4 is 7.60 Å². The Morgan fingerprint density at radius 3 is 2.18 bits per heavy atom. The molecule has 0 saturated carbocycles. The second kappa shape index (κ2) is 2.48. The van der Waals surface area contributed by atoms with Crippen molar-refractivity contribution in [1.29, 1.82) is 0 Å². The molecule has 1 saturated heterocycles. The Bertz CT molecular complexity index is 196. The first-order chi connectivity index (χ1) is 4.87. The highest BCUT2D eigenvalue weighted by atomic mass is 31.2. The van der Waals surface area contributed by atoms with Crippen molar-refractivity contribution in [2.75, 3.05) is 6.61 Å². The van der Waals surface area contributed by atoms with Gasteiger partial charge in [-0.15, -0.1) is 0 Å². The van der Waals surface area contributed by atoms with E-state index in [4.69, 9.17) is 9.79 Å². The number of epoxide rings is 1. The van der Waals surface area contributed by atoms with Crippen LogP contribution in [0, 0.1) is 0 Å². The first-order valence-electron chi connectivity index (χ1n) is 2.85. The molecule has 1 heterocycles. The fourth-order valence-electron chi connectivity index (χ4n) is 0.729. The molecule has 0 radical (unpaired) electrons. The molecule has 4 nitrogen and oxygen atoms in total. The van der Waals surface area contributed by atoms with Crippen LogP contribution in [0.1, 0.15) is 6.42 Å². The van der Waals surface area contributed by atoms with Gasteiger partial charge in [-0.2, -0.15) is 0 Å². The molecule has 0 aliphatic carbocycles. The Hall–Kier alpha value is -0.0300. The van der Waals surface area contributed by atoms with Gasteiger partial charge in [0.1, 0.15) is 0 Å². The number of hydrogen-bond donors (Lipinski definition) is 2. The van der Waals surface area contributed by atoms with E-state index in [1.807, 2.05) is 0 Å². The van der Waals surface area contributed by atoms with Crippen molar-refractivity contribution in [1.82, 2.24) is 0 Å². The largest absolute Gasteiger partial charge is 0.359 e. The molecular weight excluding hydrogens is 181 g/mol. The van der Waals surface area contributed by atoms with Gasteiger partial charge in [-0.1, -0.05) is 0 Å². The molecule has 0 aromatic heterocycles. The summed E-state index contributed by atoms with van der Waals surface area (Å²) in [6, 6.07) is 0. The number of halogens is 2. The Labute approximate surface area is 61.3 Å². The molecule has 7 heteroatoms. The molecule has 0 spiro atoms. The number of rotatable bonds is 3. The molecule has 1 aliphatic rings. The Balaban J connectivity index is 2.62. The molecule has 66 valence electrons. The maximum absolute atomic E-state index is 11.7. The summed E-state index contributed by atoms with van der Waals surface area (Å²) >= 11 is 0. The average molecular weight is 188 g/mol. The van der Waals surface area contributed by atoms with E-state index in [0.717, 1.165) is 0 Å². The van der Waals surface area contributed by atoms with Crippen molar-refractivity contribution in [3.8, 4) is 0 Å². The summed E-state index contributed by atoms with van der Waals surface area (Å²) in [6.07, 6.45) is -3.64. The second-order valence-electron chi connectivity index (χ2n) is 2.37. The molecule has 1 rings (SSSR count). The molecule has 1 atom stereocenters. The van der Waals surface area contributed by atoms with Crippen molar-refractivity contribution in [3.63, 3.8) is 0 Å². The summed E-state index contributed by atoms with van der Waals surface area (Å²) in [5.41, 5.74) is 0. The minimum Gasteiger partial charge on any atom is -0.356 e.